The highest BCUT2D eigenvalue weighted by atomic mass is 16.2. The second-order valence-corrected chi connectivity index (χ2v) is 6.57. The second kappa shape index (κ2) is 8.86. The number of amides is 2. The first kappa shape index (κ1) is 19.2. The lowest BCUT2D eigenvalue weighted by Gasteiger charge is -2.17. The Labute approximate surface area is 164 Å². The zero-order chi connectivity index (χ0) is 19.9. The third-order valence-corrected chi connectivity index (χ3v) is 4.46. The van der Waals surface area contributed by atoms with Gasteiger partial charge in [-0.25, -0.2) is 0 Å². The van der Waals surface area contributed by atoms with Gasteiger partial charge in [-0.2, -0.15) is 0 Å². The average molecular weight is 373 g/mol. The molecule has 142 valence electrons. The van der Waals surface area contributed by atoms with E-state index in [0.717, 1.165) is 11.3 Å². The molecule has 0 fully saturated rings. The van der Waals surface area contributed by atoms with E-state index in [1.807, 2.05) is 54.6 Å². The number of anilines is 3. The zero-order valence-corrected chi connectivity index (χ0v) is 15.8. The Bertz CT molecular complexity index is 953. The number of nitrogens with one attached hydrogen (secondary N) is 1. The molecule has 0 aliphatic heterocycles. The van der Waals surface area contributed by atoms with Crippen LogP contribution in [0.5, 0.6) is 0 Å². The van der Waals surface area contributed by atoms with E-state index >= 15 is 0 Å². The van der Waals surface area contributed by atoms with Crippen LogP contribution in [-0.2, 0) is 11.2 Å². The van der Waals surface area contributed by atoms with Gasteiger partial charge in [-0.1, -0.05) is 36.4 Å². The number of hydrogen-bond donors (Lipinski definition) is 2. The second-order valence-electron chi connectivity index (χ2n) is 6.57. The van der Waals surface area contributed by atoms with Gasteiger partial charge in [0.15, 0.2) is 0 Å². The molecule has 0 atom stereocenters. The number of nitrogens with two attached hydrogens (primary N) is 1. The molecule has 3 aromatic carbocycles. The molecule has 0 bridgehead atoms. The summed E-state index contributed by atoms with van der Waals surface area (Å²) in [6, 6.07) is 23.9. The lowest BCUT2D eigenvalue weighted by molar-refractivity contribution is -0.116. The Morgan fingerprint density at radius 2 is 1.64 bits per heavy atom. The first-order chi connectivity index (χ1) is 13.5. The van der Waals surface area contributed by atoms with Gasteiger partial charge in [0.25, 0.3) is 5.91 Å². The van der Waals surface area contributed by atoms with Crippen molar-refractivity contribution in [3.63, 3.8) is 0 Å². The molecule has 0 saturated heterocycles. The maximum absolute atomic E-state index is 12.7. The summed E-state index contributed by atoms with van der Waals surface area (Å²) in [7, 11) is 1.73. The molecule has 3 N–H and O–H groups in total. The van der Waals surface area contributed by atoms with E-state index in [2.05, 4.69) is 5.32 Å². The van der Waals surface area contributed by atoms with Crippen LogP contribution in [0, 0.1) is 0 Å². The van der Waals surface area contributed by atoms with Crippen LogP contribution in [-0.4, -0.2) is 18.9 Å². The number of hydrogen-bond acceptors (Lipinski definition) is 3. The van der Waals surface area contributed by atoms with Crippen molar-refractivity contribution in [3.8, 4) is 0 Å². The molecule has 0 spiro atoms. The van der Waals surface area contributed by atoms with Crippen LogP contribution in [0.2, 0.25) is 0 Å². The van der Waals surface area contributed by atoms with Crippen molar-refractivity contribution < 1.29 is 9.59 Å². The van der Waals surface area contributed by atoms with Gasteiger partial charge in [0, 0.05) is 36.1 Å². The summed E-state index contributed by atoms with van der Waals surface area (Å²) >= 11 is 0. The van der Waals surface area contributed by atoms with Crippen LogP contribution in [0.15, 0.2) is 78.9 Å². The predicted molar refractivity (Wildman–Crippen MR) is 113 cm³/mol. The number of nitrogens with zero attached hydrogens (tertiary/aromatic N) is 1. The molecule has 0 aliphatic rings. The highest BCUT2D eigenvalue weighted by Gasteiger charge is 2.14. The van der Waals surface area contributed by atoms with Crippen LogP contribution >= 0.6 is 0 Å². The number of rotatable bonds is 6. The van der Waals surface area contributed by atoms with Crippen LogP contribution in [0.4, 0.5) is 17.1 Å². The molecular weight excluding hydrogens is 350 g/mol. The van der Waals surface area contributed by atoms with Gasteiger partial charge >= 0.3 is 0 Å². The third-order valence-electron chi connectivity index (χ3n) is 4.46. The fourth-order valence-electron chi connectivity index (χ4n) is 2.86. The van der Waals surface area contributed by atoms with E-state index in [1.54, 1.807) is 36.2 Å². The van der Waals surface area contributed by atoms with E-state index in [4.69, 9.17) is 5.73 Å². The molecule has 0 aliphatic carbocycles. The van der Waals surface area contributed by atoms with E-state index in [-0.39, 0.29) is 11.8 Å². The molecule has 3 rings (SSSR count). The van der Waals surface area contributed by atoms with Crippen molar-refractivity contribution in [2.45, 2.75) is 12.8 Å². The summed E-state index contributed by atoms with van der Waals surface area (Å²) < 4.78 is 0. The van der Waals surface area contributed by atoms with Crippen LogP contribution in [0.25, 0.3) is 0 Å². The fourth-order valence-corrected chi connectivity index (χ4v) is 2.86. The average Bonchev–Trinajstić information content (AvgIpc) is 2.73. The van der Waals surface area contributed by atoms with Crippen molar-refractivity contribution in [3.05, 3.63) is 90.0 Å². The predicted octanol–water partition coefficient (Wildman–Crippen LogP) is 4.12. The molecule has 0 aromatic heterocycles. The first-order valence-electron chi connectivity index (χ1n) is 9.10. The monoisotopic (exact) mass is 373 g/mol. The largest absolute Gasteiger partial charge is 0.399 e. The lowest BCUT2D eigenvalue weighted by atomic mass is 10.1. The quantitative estimate of drug-likeness (QED) is 0.638. The van der Waals surface area contributed by atoms with Crippen LogP contribution < -0.4 is 16.0 Å². The minimum absolute atomic E-state index is 0.0992. The van der Waals surface area contributed by atoms with Crippen molar-refractivity contribution in [2.24, 2.45) is 0 Å². The summed E-state index contributed by atoms with van der Waals surface area (Å²) in [6.45, 7) is 0. The standard InChI is InChI=1S/C23H23N3O2/c1-26(21-8-3-2-4-9-21)23(28)18-6-5-7-20(16-18)25-22(27)15-12-17-10-13-19(24)14-11-17/h2-11,13-14,16H,12,15,24H2,1H3,(H,25,27). The fraction of sp³-hybridized carbons (Fsp3) is 0.130. The van der Waals surface area contributed by atoms with Crippen LogP contribution in [0.1, 0.15) is 22.3 Å². The molecule has 2 amide bonds. The Balaban J connectivity index is 1.61. The van der Waals surface area contributed by atoms with Gasteiger partial charge in [0.2, 0.25) is 5.91 Å². The minimum atomic E-state index is -0.135. The van der Waals surface area contributed by atoms with Crippen LogP contribution in [0.3, 0.4) is 0 Å². The molecule has 5 heteroatoms. The molecule has 0 radical (unpaired) electrons. The molecule has 0 heterocycles. The summed E-state index contributed by atoms with van der Waals surface area (Å²) in [5.41, 5.74) is 9.36. The van der Waals surface area contributed by atoms with E-state index in [9.17, 15) is 9.59 Å². The Morgan fingerprint density at radius 1 is 0.929 bits per heavy atom. The van der Waals surface area contributed by atoms with E-state index in [0.29, 0.717) is 29.8 Å². The SMILES string of the molecule is CN(C(=O)c1cccc(NC(=O)CCc2ccc(N)cc2)c1)c1ccccc1. The van der Waals surface area contributed by atoms with E-state index < -0.39 is 0 Å². The van der Waals surface area contributed by atoms with Crippen molar-refractivity contribution >= 4 is 28.9 Å². The number of carbonyl (C=O) groups excluding carboxylic acids is 2. The Morgan fingerprint density at radius 3 is 2.36 bits per heavy atom. The minimum Gasteiger partial charge on any atom is -0.399 e. The normalized spacial score (nSPS) is 10.3. The maximum atomic E-state index is 12.7. The van der Waals surface area contributed by atoms with Crippen molar-refractivity contribution in [1.82, 2.24) is 0 Å². The number of carbonyl (C=O) groups is 2. The molecule has 0 saturated carbocycles. The maximum Gasteiger partial charge on any atom is 0.258 e. The zero-order valence-electron chi connectivity index (χ0n) is 15.8. The summed E-state index contributed by atoms with van der Waals surface area (Å²) in [4.78, 5) is 26.6. The molecule has 28 heavy (non-hydrogen) atoms. The number of nitrogen functional groups attached to an aromatic ring is 1. The van der Waals surface area contributed by atoms with Gasteiger partial charge in [0.1, 0.15) is 0 Å². The lowest BCUT2D eigenvalue weighted by Crippen LogP contribution is -2.26. The smallest absolute Gasteiger partial charge is 0.258 e. The summed E-state index contributed by atoms with van der Waals surface area (Å²) in [6.07, 6.45) is 0.980. The topological polar surface area (TPSA) is 75.4 Å². The number of para-hydroxylation sites is 1. The van der Waals surface area contributed by atoms with E-state index in [1.165, 1.54) is 0 Å². The molecule has 5 nitrogen and oxygen atoms in total. The number of benzene rings is 3. The van der Waals surface area contributed by atoms with Gasteiger partial charge in [-0.15, -0.1) is 0 Å². The highest BCUT2D eigenvalue weighted by molar-refractivity contribution is 6.06. The van der Waals surface area contributed by atoms with Crippen molar-refractivity contribution in [2.75, 3.05) is 23.0 Å². The Kier molecular flexibility index (Phi) is 6.07. The third kappa shape index (κ3) is 4.98. The summed E-state index contributed by atoms with van der Waals surface area (Å²) in [5.74, 6) is -0.234. The van der Waals surface area contributed by atoms with Gasteiger partial charge in [0.05, 0.1) is 0 Å². The van der Waals surface area contributed by atoms with Gasteiger partial charge in [-0.3, -0.25) is 9.59 Å². The van der Waals surface area contributed by atoms with Gasteiger partial charge < -0.3 is 16.0 Å². The molecule has 0 unspecified atom stereocenters. The van der Waals surface area contributed by atoms with Gasteiger partial charge in [-0.05, 0) is 54.4 Å². The first-order valence-corrected chi connectivity index (χ1v) is 9.10. The molecule has 3 aromatic rings. The Hall–Kier alpha value is -3.60. The summed E-state index contributed by atoms with van der Waals surface area (Å²) in [5, 5.41) is 2.86. The number of aryl methyl sites for hydroxylation is 1. The van der Waals surface area contributed by atoms with Crippen molar-refractivity contribution in [1.29, 1.82) is 0 Å². The molecular formula is C23H23N3O2. The highest BCUT2D eigenvalue weighted by Crippen LogP contribution is 2.18.